The lowest BCUT2D eigenvalue weighted by Crippen LogP contribution is -2.35. The number of morpholine rings is 1. The zero-order chi connectivity index (χ0) is 18.4. The van der Waals surface area contributed by atoms with Crippen molar-refractivity contribution in [2.24, 2.45) is 0 Å². The molecule has 1 N–H and O–H groups in total. The second-order valence-corrected chi connectivity index (χ2v) is 8.52. The molecule has 0 aliphatic carbocycles. The Hall–Kier alpha value is -1.73. The maximum atomic E-state index is 12.3. The Kier molecular flexibility index (Phi) is 6.43. The van der Waals surface area contributed by atoms with Crippen LogP contribution in [-0.4, -0.2) is 39.6 Å². The second-order valence-electron chi connectivity index (χ2n) is 6.71. The third-order valence-corrected chi connectivity index (χ3v) is 5.91. The Labute approximate surface area is 156 Å². The SMILES string of the molecule is Cc1ccccc1CS(=O)(=O)NCc1ccc(CN2CCOCC2)cc1. The van der Waals surface area contributed by atoms with Crippen molar-refractivity contribution in [1.29, 1.82) is 0 Å². The van der Waals surface area contributed by atoms with Crippen molar-refractivity contribution in [2.75, 3.05) is 26.3 Å². The summed E-state index contributed by atoms with van der Waals surface area (Å²) in [5.74, 6) is 0.00872. The van der Waals surface area contributed by atoms with E-state index >= 15 is 0 Å². The molecule has 1 aliphatic heterocycles. The average molecular weight is 375 g/mol. The first-order chi connectivity index (χ1) is 12.5. The molecule has 0 saturated carbocycles. The van der Waals surface area contributed by atoms with Gasteiger partial charge < -0.3 is 4.74 Å². The van der Waals surface area contributed by atoms with Crippen LogP contribution >= 0.6 is 0 Å². The Morgan fingerprint density at radius 1 is 1.00 bits per heavy atom. The van der Waals surface area contributed by atoms with Crippen molar-refractivity contribution < 1.29 is 13.2 Å². The van der Waals surface area contributed by atoms with E-state index in [1.54, 1.807) is 0 Å². The van der Waals surface area contributed by atoms with Gasteiger partial charge in [0.05, 0.1) is 19.0 Å². The summed E-state index contributed by atoms with van der Waals surface area (Å²) in [5, 5.41) is 0. The van der Waals surface area contributed by atoms with Gasteiger partial charge in [-0.2, -0.15) is 0 Å². The number of hydrogen-bond acceptors (Lipinski definition) is 4. The Morgan fingerprint density at radius 2 is 1.65 bits per heavy atom. The molecule has 0 radical (unpaired) electrons. The highest BCUT2D eigenvalue weighted by molar-refractivity contribution is 7.88. The Bertz CT molecular complexity index is 813. The van der Waals surface area contributed by atoms with Gasteiger partial charge in [0.25, 0.3) is 0 Å². The zero-order valence-corrected chi connectivity index (χ0v) is 16.0. The summed E-state index contributed by atoms with van der Waals surface area (Å²) in [6.45, 7) is 6.65. The highest BCUT2D eigenvalue weighted by atomic mass is 32.2. The smallest absolute Gasteiger partial charge is 0.216 e. The molecule has 0 amide bonds. The first-order valence-electron chi connectivity index (χ1n) is 8.92. The molecule has 6 heteroatoms. The number of ether oxygens (including phenoxy) is 1. The van der Waals surface area contributed by atoms with Crippen LogP contribution in [0, 0.1) is 6.92 Å². The van der Waals surface area contributed by atoms with Gasteiger partial charge in [0, 0.05) is 26.2 Å². The van der Waals surface area contributed by atoms with Crippen molar-refractivity contribution in [1.82, 2.24) is 9.62 Å². The monoisotopic (exact) mass is 374 g/mol. The second kappa shape index (κ2) is 8.77. The first kappa shape index (κ1) is 19.0. The quantitative estimate of drug-likeness (QED) is 0.809. The predicted octanol–water partition coefficient (Wildman–Crippen LogP) is 2.45. The van der Waals surface area contributed by atoms with E-state index in [9.17, 15) is 8.42 Å². The van der Waals surface area contributed by atoms with Crippen molar-refractivity contribution in [2.45, 2.75) is 25.8 Å². The van der Waals surface area contributed by atoms with Crippen LogP contribution < -0.4 is 4.72 Å². The minimum atomic E-state index is -3.36. The maximum absolute atomic E-state index is 12.3. The summed E-state index contributed by atoms with van der Waals surface area (Å²) in [4.78, 5) is 2.36. The number of nitrogens with zero attached hydrogens (tertiary/aromatic N) is 1. The van der Waals surface area contributed by atoms with Crippen LogP contribution in [-0.2, 0) is 33.6 Å². The fraction of sp³-hybridized carbons (Fsp3) is 0.400. The van der Waals surface area contributed by atoms with Crippen molar-refractivity contribution in [3.05, 3.63) is 70.8 Å². The van der Waals surface area contributed by atoms with Crippen LogP contribution in [0.2, 0.25) is 0 Å². The lowest BCUT2D eigenvalue weighted by atomic mass is 10.1. The largest absolute Gasteiger partial charge is 0.379 e. The third-order valence-electron chi connectivity index (χ3n) is 4.64. The molecule has 0 spiro atoms. The molecule has 3 rings (SSSR count). The van der Waals surface area contributed by atoms with Gasteiger partial charge in [-0.1, -0.05) is 48.5 Å². The molecule has 2 aromatic carbocycles. The van der Waals surface area contributed by atoms with Crippen LogP contribution in [0.4, 0.5) is 0 Å². The Balaban J connectivity index is 1.53. The molecular weight excluding hydrogens is 348 g/mol. The predicted molar refractivity (Wildman–Crippen MR) is 103 cm³/mol. The normalized spacial score (nSPS) is 15.9. The molecule has 5 nitrogen and oxygen atoms in total. The number of aryl methyl sites for hydroxylation is 1. The molecule has 26 heavy (non-hydrogen) atoms. The van der Waals surface area contributed by atoms with E-state index in [1.165, 1.54) is 5.56 Å². The van der Waals surface area contributed by atoms with Crippen LogP contribution in [0.25, 0.3) is 0 Å². The van der Waals surface area contributed by atoms with E-state index in [0.717, 1.165) is 49.5 Å². The first-order valence-corrected chi connectivity index (χ1v) is 10.6. The van der Waals surface area contributed by atoms with Crippen LogP contribution in [0.3, 0.4) is 0 Å². The van der Waals surface area contributed by atoms with Gasteiger partial charge in [0.15, 0.2) is 0 Å². The zero-order valence-electron chi connectivity index (χ0n) is 15.1. The van der Waals surface area contributed by atoms with Crippen LogP contribution in [0.5, 0.6) is 0 Å². The molecule has 0 aromatic heterocycles. The summed E-state index contributed by atoms with van der Waals surface area (Å²) in [7, 11) is -3.36. The highest BCUT2D eigenvalue weighted by Crippen LogP contribution is 2.12. The Morgan fingerprint density at radius 3 is 2.35 bits per heavy atom. The summed E-state index contributed by atoms with van der Waals surface area (Å²) >= 11 is 0. The van der Waals surface area contributed by atoms with Gasteiger partial charge in [0.1, 0.15) is 0 Å². The standard InChI is InChI=1S/C20H26N2O3S/c1-17-4-2-3-5-20(17)16-26(23,24)21-14-18-6-8-19(9-7-18)15-22-10-12-25-13-11-22/h2-9,21H,10-16H2,1H3. The molecular formula is C20H26N2O3S. The van der Waals surface area contributed by atoms with Gasteiger partial charge in [-0.3, -0.25) is 4.90 Å². The fourth-order valence-electron chi connectivity index (χ4n) is 3.00. The lowest BCUT2D eigenvalue weighted by Gasteiger charge is -2.26. The van der Waals surface area contributed by atoms with E-state index in [2.05, 4.69) is 21.8 Å². The number of rotatable bonds is 7. The third kappa shape index (κ3) is 5.64. The molecule has 2 aromatic rings. The summed E-state index contributed by atoms with van der Waals surface area (Å²) in [5.41, 5.74) is 4.02. The van der Waals surface area contributed by atoms with E-state index in [4.69, 9.17) is 4.74 Å². The maximum Gasteiger partial charge on any atom is 0.216 e. The molecule has 0 atom stereocenters. The summed E-state index contributed by atoms with van der Waals surface area (Å²) in [6, 6.07) is 15.7. The minimum Gasteiger partial charge on any atom is -0.379 e. The topological polar surface area (TPSA) is 58.6 Å². The van der Waals surface area contributed by atoms with Gasteiger partial charge in [-0.05, 0) is 29.2 Å². The number of sulfonamides is 1. The van der Waals surface area contributed by atoms with Crippen LogP contribution in [0.1, 0.15) is 22.3 Å². The molecule has 1 saturated heterocycles. The highest BCUT2D eigenvalue weighted by Gasteiger charge is 2.13. The minimum absolute atomic E-state index is 0.00872. The molecule has 1 heterocycles. The summed E-state index contributed by atoms with van der Waals surface area (Å²) in [6.07, 6.45) is 0. The molecule has 1 fully saturated rings. The van der Waals surface area contributed by atoms with Gasteiger partial charge in [0.2, 0.25) is 10.0 Å². The van der Waals surface area contributed by atoms with Crippen molar-refractivity contribution >= 4 is 10.0 Å². The molecule has 0 bridgehead atoms. The van der Waals surface area contributed by atoms with Gasteiger partial charge in [-0.25, -0.2) is 13.1 Å². The molecule has 1 aliphatic rings. The van der Waals surface area contributed by atoms with E-state index in [0.29, 0.717) is 6.54 Å². The average Bonchev–Trinajstić information content (AvgIpc) is 2.64. The molecule has 140 valence electrons. The number of nitrogens with one attached hydrogen (secondary N) is 1. The van der Waals surface area contributed by atoms with Gasteiger partial charge in [-0.15, -0.1) is 0 Å². The summed E-state index contributed by atoms with van der Waals surface area (Å²) < 4.78 is 32.7. The van der Waals surface area contributed by atoms with Gasteiger partial charge >= 0.3 is 0 Å². The number of benzene rings is 2. The molecule has 0 unspecified atom stereocenters. The van der Waals surface area contributed by atoms with E-state index in [-0.39, 0.29) is 5.75 Å². The van der Waals surface area contributed by atoms with E-state index in [1.807, 2.05) is 43.3 Å². The van der Waals surface area contributed by atoms with Crippen molar-refractivity contribution in [3.8, 4) is 0 Å². The number of hydrogen-bond donors (Lipinski definition) is 1. The van der Waals surface area contributed by atoms with E-state index < -0.39 is 10.0 Å². The van der Waals surface area contributed by atoms with Crippen molar-refractivity contribution in [3.63, 3.8) is 0 Å². The van der Waals surface area contributed by atoms with Crippen LogP contribution in [0.15, 0.2) is 48.5 Å². The fourth-order valence-corrected chi connectivity index (χ4v) is 4.22. The lowest BCUT2D eigenvalue weighted by molar-refractivity contribution is 0.0342.